The van der Waals surface area contributed by atoms with E-state index in [-0.39, 0.29) is 124 Å². The van der Waals surface area contributed by atoms with Gasteiger partial charge in [-0.1, -0.05) is 6.08 Å². The molecule has 16 heteroatoms. The predicted octanol–water partition coefficient (Wildman–Crippen LogP) is -13.5. The fourth-order valence-electron chi connectivity index (χ4n) is 1.69. The maximum absolute atomic E-state index is 12.2. The number of hydrogen-bond donors (Lipinski definition) is 4. The summed E-state index contributed by atoms with van der Waals surface area (Å²) < 4.78 is 31.5. The van der Waals surface area contributed by atoms with Crippen LogP contribution >= 0.6 is 0 Å². The summed E-state index contributed by atoms with van der Waals surface area (Å²) in [6.07, 6.45) is -1.09. The van der Waals surface area contributed by atoms with Gasteiger partial charge in [0, 0.05) is 6.54 Å². The van der Waals surface area contributed by atoms with Gasteiger partial charge >= 0.3 is 130 Å². The largest absolute Gasteiger partial charge is 1.00 e. The number of carboxylic acid groups (broad SMARTS) is 2. The minimum Gasteiger partial charge on any atom is -1.00 e. The van der Waals surface area contributed by atoms with Gasteiger partial charge in [-0.25, -0.2) is 4.79 Å². The molecule has 0 aliphatic heterocycles. The molecule has 5 N–H and O–H groups in total. The summed E-state index contributed by atoms with van der Waals surface area (Å²) in [6, 6.07) is -1.92. The van der Waals surface area contributed by atoms with Crippen LogP contribution in [0.1, 0.15) is 18.5 Å². The van der Waals surface area contributed by atoms with Gasteiger partial charge in [0.2, 0.25) is 11.8 Å². The molecule has 2 unspecified atom stereocenters. The molecular weight excluding hydrogens is 428 g/mol. The maximum atomic E-state index is 12.2. The minimum atomic E-state index is -5.08. The third kappa shape index (κ3) is 15.0. The molecule has 0 saturated carbocycles. The second-order valence-corrected chi connectivity index (χ2v) is 6.00. The van der Waals surface area contributed by atoms with Crippen LogP contribution in [0, 0.1) is 0 Å². The summed E-state index contributed by atoms with van der Waals surface area (Å²) in [5, 5.41) is 15.4. The Balaban J connectivity index is -0.0000000864. The number of amides is 2. The van der Waals surface area contributed by atoms with Crippen molar-refractivity contribution in [2.24, 2.45) is 5.73 Å². The zero-order valence-corrected chi connectivity index (χ0v) is 24.6. The number of carboxylic acids is 2. The molecule has 2 amide bonds. The smallest absolute Gasteiger partial charge is 1.00 e. The fourth-order valence-corrected chi connectivity index (χ4v) is 2.46. The van der Waals surface area contributed by atoms with Crippen molar-refractivity contribution in [3.63, 3.8) is 0 Å². The molecule has 0 bridgehead atoms. The van der Waals surface area contributed by atoms with E-state index in [1.165, 1.54) is 0 Å². The number of rotatable bonds is 10. The van der Waals surface area contributed by atoms with Crippen LogP contribution < -0.4 is 124 Å². The Morgan fingerprint density at radius 3 is 1.78 bits per heavy atom. The van der Waals surface area contributed by atoms with Gasteiger partial charge in [-0.3, -0.25) is 18.9 Å². The number of hydrogen-bond acceptors (Lipinski definition) is 6. The molecule has 0 heterocycles. The topological polar surface area (TPSA) is 192 Å². The third-order valence-electron chi connectivity index (χ3n) is 2.66. The van der Waals surface area contributed by atoms with E-state index in [4.69, 9.17) is 20.5 Å². The Morgan fingerprint density at radius 1 is 1.07 bits per heavy atom. The first-order chi connectivity index (χ1) is 10.4. The third-order valence-corrected chi connectivity index (χ3v) is 3.75. The van der Waals surface area contributed by atoms with Gasteiger partial charge < -0.3 is 26.6 Å². The Labute approximate surface area is 250 Å². The van der Waals surface area contributed by atoms with Gasteiger partial charge in [-0.15, -0.1) is 6.58 Å². The molecule has 0 aromatic carbocycles. The standard InChI is InChI=1S/C11H16N2O9S.4Na.4H/c1-2-3-13(6(11(18)19)4-9(15)16)10(17)7(5-8(12)14)23(20,21)22;;;;;;;;/h2,6-7H,1,3-5H2,(H2,12,14)(H,15,16)(H,18,19)(H,20,21,22);;;;;;;;/q;4*+1;4*-1. The molecule has 0 fully saturated rings. The molecule has 0 aromatic rings. The molecule has 138 valence electrons. The van der Waals surface area contributed by atoms with E-state index in [1.807, 2.05) is 0 Å². The normalized spacial score (nSPS) is 11.6. The van der Waals surface area contributed by atoms with Crippen molar-refractivity contribution in [2.75, 3.05) is 6.54 Å². The van der Waals surface area contributed by atoms with Gasteiger partial charge in [0.15, 0.2) is 5.25 Å². The SMILES string of the molecule is C=CCN(C(=O)C(CC(N)=O)S(=O)(=O)O)C(CC(=O)O)C(=O)O.[H-].[H-].[H-].[H-].[Na+].[Na+].[Na+].[Na+]. The van der Waals surface area contributed by atoms with E-state index in [0.29, 0.717) is 4.90 Å². The van der Waals surface area contributed by atoms with Crippen LogP contribution in [0.2, 0.25) is 0 Å². The number of carbonyl (C=O) groups excluding carboxylic acids is 2. The zero-order chi connectivity index (χ0) is 18.4. The quantitative estimate of drug-likeness (QED) is 0.143. The second kappa shape index (κ2) is 18.3. The first-order valence-corrected chi connectivity index (χ1v) is 7.52. The maximum Gasteiger partial charge on any atom is 1.00 e. The molecule has 0 aromatic heterocycles. The van der Waals surface area contributed by atoms with E-state index in [0.717, 1.165) is 6.08 Å². The first-order valence-electron chi connectivity index (χ1n) is 6.02. The Bertz CT molecular complexity index is 647. The van der Waals surface area contributed by atoms with Crippen LogP contribution in [0.4, 0.5) is 0 Å². The van der Waals surface area contributed by atoms with Crippen molar-refractivity contribution in [2.45, 2.75) is 24.1 Å². The Kier molecular flexibility index (Phi) is 26.5. The van der Waals surface area contributed by atoms with Gasteiger partial charge in [0.1, 0.15) is 6.04 Å². The summed E-state index contributed by atoms with van der Waals surface area (Å²) >= 11 is 0. The van der Waals surface area contributed by atoms with Crippen molar-refractivity contribution < 1.29 is 166 Å². The molecular formula is C11H20N2Na4O9S. The van der Waals surface area contributed by atoms with Crippen LogP contribution in [0.15, 0.2) is 12.7 Å². The van der Waals surface area contributed by atoms with Crippen molar-refractivity contribution >= 4 is 33.9 Å². The predicted molar refractivity (Wildman–Crippen MR) is 79.2 cm³/mol. The molecule has 0 aliphatic rings. The monoisotopic (exact) mass is 448 g/mol. The summed E-state index contributed by atoms with van der Waals surface area (Å²) in [4.78, 5) is 45.3. The molecule has 2 atom stereocenters. The number of nitrogens with two attached hydrogens (primary N) is 1. The molecule has 0 aliphatic carbocycles. The van der Waals surface area contributed by atoms with E-state index < -0.39 is 64.5 Å². The van der Waals surface area contributed by atoms with Gasteiger partial charge in [-0.2, -0.15) is 8.42 Å². The van der Waals surface area contributed by atoms with E-state index in [9.17, 15) is 27.6 Å². The first kappa shape index (κ1) is 39.1. The number of carbonyl (C=O) groups is 4. The van der Waals surface area contributed by atoms with Gasteiger partial charge in [0.05, 0.1) is 12.8 Å². The molecule has 0 saturated heterocycles. The fraction of sp³-hybridized carbons (Fsp3) is 0.455. The average molecular weight is 448 g/mol. The van der Waals surface area contributed by atoms with Crippen molar-refractivity contribution in [3.8, 4) is 0 Å². The molecule has 27 heavy (non-hydrogen) atoms. The number of aliphatic carboxylic acids is 2. The summed E-state index contributed by atoms with van der Waals surface area (Å²) in [5.41, 5.74) is 4.80. The van der Waals surface area contributed by atoms with E-state index in [1.54, 1.807) is 0 Å². The number of primary amides is 1. The summed E-state index contributed by atoms with van der Waals surface area (Å²) in [6.45, 7) is 2.73. The zero-order valence-electron chi connectivity index (χ0n) is 19.8. The van der Waals surface area contributed by atoms with E-state index >= 15 is 0 Å². The van der Waals surface area contributed by atoms with Crippen LogP contribution in [-0.4, -0.2) is 69.7 Å². The molecule has 0 radical (unpaired) electrons. The van der Waals surface area contributed by atoms with E-state index in [2.05, 4.69) is 6.58 Å². The van der Waals surface area contributed by atoms with Gasteiger partial charge in [0.25, 0.3) is 10.1 Å². The minimum absolute atomic E-state index is 0. The van der Waals surface area contributed by atoms with Crippen LogP contribution in [0.5, 0.6) is 0 Å². The van der Waals surface area contributed by atoms with Crippen LogP contribution in [0.3, 0.4) is 0 Å². The molecule has 11 nitrogen and oxygen atoms in total. The van der Waals surface area contributed by atoms with Crippen molar-refractivity contribution in [1.29, 1.82) is 0 Å². The Morgan fingerprint density at radius 2 is 1.52 bits per heavy atom. The van der Waals surface area contributed by atoms with Crippen LogP contribution in [0.25, 0.3) is 0 Å². The molecule has 0 spiro atoms. The average Bonchev–Trinajstić information content (AvgIpc) is 2.37. The summed E-state index contributed by atoms with van der Waals surface area (Å²) in [7, 11) is -5.08. The number of nitrogens with zero attached hydrogens (tertiary/aromatic N) is 1. The summed E-state index contributed by atoms with van der Waals surface area (Å²) in [5.74, 6) is -5.97. The Hall–Kier alpha value is 1.53. The molecule has 0 rings (SSSR count). The van der Waals surface area contributed by atoms with Crippen LogP contribution in [-0.2, 0) is 29.3 Å². The second-order valence-electron chi connectivity index (χ2n) is 4.41. The van der Waals surface area contributed by atoms with Crippen molar-refractivity contribution in [3.05, 3.63) is 12.7 Å². The van der Waals surface area contributed by atoms with Crippen molar-refractivity contribution in [1.82, 2.24) is 4.90 Å². The van der Waals surface area contributed by atoms with Gasteiger partial charge in [-0.05, 0) is 0 Å².